The number of hydrogen-bond donors (Lipinski definition) is 1. The number of rotatable bonds is 6. The second-order valence-corrected chi connectivity index (χ2v) is 6.96. The summed E-state index contributed by atoms with van der Waals surface area (Å²) in [6, 6.07) is 10.1. The minimum Gasteiger partial charge on any atom is -0.370 e. The average Bonchev–Trinajstić information content (AvgIpc) is 2.93. The lowest BCUT2D eigenvalue weighted by Crippen LogP contribution is -2.39. The summed E-state index contributed by atoms with van der Waals surface area (Å²) in [7, 11) is 3.87. The normalized spacial score (nSPS) is 17.2. The van der Waals surface area contributed by atoms with Gasteiger partial charge >= 0.3 is 0 Å². The van der Waals surface area contributed by atoms with Crippen molar-refractivity contribution in [2.75, 3.05) is 39.0 Å². The maximum Gasteiger partial charge on any atom is 0.237 e. The maximum atomic E-state index is 12.6. The van der Waals surface area contributed by atoms with E-state index in [4.69, 9.17) is 0 Å². The number of anilines is 1. The van der Waals surface area contributed by atoms with Crippen molar-refractivity contribution in [1.82, 2.24) is 19.4 Å². The minimum atomic E-state index is 0.197. The predicted octanol–water partition coefficient (Wildman–Crippen LogP) is 1.91. The molecule has 0 aliphatic carbocycles. The van der Waals surface area contributed by atoms with Gasteiger partial charge in [0.1, 0.15) is 5.82 Å². The molecule has 0 aromatic carbocycles. The average molecular weight is 341 g/mol. The Bertz CT molecular complexity index is 682. The van der Waals surface area contributed by atoms with Crippen LogP contribution in [0.1, 0.15) is 12.1 Å². The van der Waals surface area contributed by atoms with Gasteiger partial charge in [0.25, 0.3) is 0 Å². The fraction of sp³-hybridized carbons (Fsp3) is 0.474. The number of carbonyl (C=O) groups excluding carboxylic acids is 1. The Balaban J connectivity index is 1.63. The molecule has 1 N–H and O–H groups in total. The van der Waals surface area contributed by atoms with E-state index >= 15 is 0 Å². The molecule has 0 saturated carbocycles. The molecule has 134 valence electrons. The van der Waals surface area contributed by atoms with Crippen LogP contribution < -0.4 is 5.32 Å². The van der Waals surface area contributed by atoms with Gasteiger partial charge in [-0.3, -0.25) is 4.79 Å². The summed E-state index contributed by atoms with van der Waals surface area (Å²) in [5.74, 6) is 1.52. The van der Waals surface area contributed by atoms with Crippen molar-refractivity contribution in [3.05, 3.63) is 48.4 Å². The highest BCUT2D eigenvalue weighted by molar-refractivity contribution is 5.78. The van der Waals surface area contributed by atoms with E-state index in [1.807, 2.05) is 42.1 Å². The number of aromatic nitrogens is 2. The van der Waals surface area contributed by atoms with E-state index in [0.717, 1.165) is 31.9 Å². The molecule has 3 rings (SSSR count). The third-order valence-corrected chi connectivity index (χ3v) is 4.54. The SMILES string of the molecule is CN(C)CC(=O)N1Cc2cccn2CC(CCNc2ccccn2)C1. The third kappa shape index (κ3) is 4.82. The number of likely N-dealkylation sites (N-methyl/N-ethyl adjacent to an activating group) is 1. The monoisotopic (exact) mass is 341 g/mol. The molecule has 0 saturated heterocycles. The zero-order valence-electron chi connectivity index (χ0n) is 15.1. The van der Waals surface area contributed by atoms with Crippen molar-refractivity contribution in [3.63, 3.8) is 0 Å². The largest absolute Gasteiger partial charge is 0.370 e. The maximum absolute atomic E-state index is 12.6. The highest BCUT2D eigenvalue weighted by Gasteiger charge is 2.24. The van der Waals surface area contributed by atoms with Crippen LogP contribution in [0.3, 0.4) is 0 Å². The van der Waals surface area contributed by atoms with Crippen LogP contribution in [-0.2, 0) is 17.9 Å². The van der Waals surface area contributed by atoms with Gasteiger partial charge in [0.05, 0.1) is 13.1 Å². The molecule has 1 amide bonds. The van der Waals surface area contributed by atoms with Crippen LogP contribution in [-0.4, -0.2) is 59.0 Å². The number of nitrogens with one attached hydrogen (secondary N) is 1. The van der Waals surface area contributed by atoms with Crippen LogP contribution in [0.15, 0.2) is 42.7 Å². The Morgan fingerprint density at radius 1 is 1.28 bits per heavy atom. The number of hydrogen-bond acceptors (Lipinski definition) is 4. The molecule has 0 radical (unpaired) electrons. The quantitative estimate of drug-likeness (QED) is 0.872. The molecule has 0 spiro atoms. The van der Waals surface area contributed by atoms with Crippen LogP contribution >= 0.6 is 0 Å². The fourth-order valence-electron chi connectivity index (χ4n) is 3.29. The van der Waals surface area contributed by atoms with Crippen molar-refractivity contribution < 1.29 is 4.79 Å². The molecule has 6 heteroatoms. The third-order valence-electron chi connectivity index (χ3n) is 4.54. The van der Waals surface area contributed by atoms with Gasteiger partial charge in [-0.2, -0.15) is 0 Å². The molecule has 25 heavy (non-hydrogen) atoms. The van der Waals surface area contributed by atoms with E-state index in [0.29, 0.717) is 19.0 Å². The van der Waals surface area contributed by atoms with Gasteiger partial charge in [0, 0.05) is 37.7 Å². The van der Waals surface area contributed by atoms with Crippen LogP contribution in [0.5, 0.6) is 0 Å². The van der Waals surface area contributed by atoms with Crippen LogP contribution in [0.2, 0.25) is 0 Å². The Morgan fingerprint density at radius 3 is 2.92 bits per heavy atom. The minimum absolute atomic E-state index is 0.197. The molecule has 6 nitrogen and oxygen atoms in total. The zero-order chi connectivity index (χ0) is 17.6. The smallest absolute Gasteiger partial charge is 0.237 e. The zero-order valence-corrected chi connectivity index (χ0v) is 15.1. The number of carbonyl (C=O) groups is 1. The molecular weight excluding hydrogens is 314 g/mol. The first-order valence-electron chi connectivity index (χ1n) is 8.83. The summed E-state index contributed by atoms with van der Waals surface area (Å²) in [4.78, 5) is 20.8. The van der Waals surface area contributed by atoms with Crippen molar-refractivity contribution in [2.45, 2.75) is 19.5 Å². The molecule has 0 fully saturated rings. The second-order valence-electron chi connectivity index (χ2n) is 6.96. The summed E-state index contributed by atoms with van der Waals surface area (Å²) in [6.45, 7) is 3.77. The van der Waals surface area contributed by atoms with Crippen molar-refractivity contribution in [3.8, 4) is 0 Å². The Hall–Kier alpha value is -2.34. The van der Waals surface area contributed by atoms with Crippen LogP contribution in [0.25, 0.3) is 0 Å². The topological polar surface area (TPSA) is 53.4 Å². The van der Waals surface area contributed by atoms with Crippen LogP contribution in [0.4, 0.5) is 5.82 Å². The van der Waals surface area contributed by atoms with Gasteiger partial charge in [-0.1, -0.05) is 6.07 Å². The number of fused-ring (bicyclic) bond motifs is 1. The van der Waals surface area contributed by atoms with Gasteiger partial charge in [-0.05, 0) is 50.7 Å². The molecule has 1 aliphatic rings. The molecular formula is C19H27N5O. The lowest BCUT2D eigenvalue weighted by molar-refractivity contribution is -0.133. The summed E-state index contributed by atoms with van der Waals surface area (Å²) >= 11 is 0. The first kappa shape index (κ1) is 17.5. The summed E-state index contributed by atoms with van der Waals surface area (Å²) in [5.41, 5.74) is 1.22. The van der Waals surface area contributed by atoms with Gasteiger partial charge < -0.3 is 19.7 Å². The Kier molecular flexibility index (Phi) is 5.71. The number of pyridine rings is 1. The highest BCUT2D eigenvalue weighted by Crippen LogP contribution is 2.20. The Morgan fingerprint density at radius 2 is 2.16 bits per heavy atom. The van der Waals surface area contributed by atoms with Crippen LogP contribution in [0, 0.1) is 5.92 Å². The van der Waals surface area contributed by atoms with Gasteiger partial charge in [-0.25, -0.2) is 4.98 Å². The molecule has 1 atom stereocenters. The standard InChI is InChI=1S/C19H27N5O/c1-22(2)15-19(25)24-13-16(12-23-11-5-6-17(23)14-24)8-10-21-18-7-3-4-9-20-18/h3-7,9,11,16H,8,10,12-15H2,1-2H3,(H,20,21). The molecule has 0 bridgehead atoms. The first-order valence-corrected chi connectivity index (χ1v) is 8.83. The van der Waals surface area contributed by atoms with E-state index in [1.54, 1.807) is 6.20 Å². The second kappa shape index (κ2) is 8.16. The van der Waals surface area contributed by atoms with Crippen molar-refractivity contribution >= 4 is 11.7 Å². The van der Waals surface area contributed by atoms with E-state index in [-0.39, 0.29) is 5.91 Å². The van der Waals surface area contributed by atoms with Crippen molar-refractivity contribution in [2.24, 2.45) is 5.92 Å². The number of nitrogens with zero attached hydrogens (tertiary/aromatic N) is 4. The summed E-state index contributed by atoms with van der Waals surface area (Å²) in [5, 5.41) is 3.37. The van der Waals surface area contributed by atoms with E-state index < -0.39 is 0 Å². The van der Waals surface area contributed by atoms with E-state index in [9.17, 15) is 4.79 Å². The Labute approximate surface area is 149 Å². The summed E-state index contributed by atoms with van der Waals surface area (Å²) < 4.78 is 2.29. The molecule has 1 aliphatic heterocycles. The highest BCUT2D eigenvalue weighted by atomic mass is 16.2. The molecule has 2 aromatic heterocycles. The predicted molar refractivity (Wildman–Crippen MR) is 99.2 cm³/mol. The van der Waals surface area contributed by atoms with E-state index in [2.05, 4.69) is 33.2 Å². The fourth-order valence-corrected chi connectivity index (χ4v) is 3.29. The van der Waals surface area contributed by atoms with Crippen molar-refractivity contribution in [1.29, 1.82) is 0 Å². The molecule has 3 heterocycles. The molecule has 2 aromatic rings. The van der Waals surface area contributed by atoms with E-state index in [1.165, 1.54) is 5.69 Å². The van der Waals surface area contributed by atoms with Gasteiger partial charge in [0.15, 0.2) is 0 Å². The summed E-state index contributed by atoms with van der Waals surface area (Å²) in [6.07, 6.45) is 4.91. The number of amides is 1. The van der Waals surface area contributed by atoms with Gasteiger partial charge in [0.2, 0.25) is 5.91 Å². The van der Waals surface area contributed by atoms with Gasteiger partial charge in [-0.15, -0.1) is 0 Å². The molecule has 1 unspecified atom stereocenters. The lowest BCUT2D eigenvalue weighted by atomic mass is 10.0. The lowest BCUT2D eigenvalue weighted by Gasteiger charge is -2.25. The first-order chi connectivity index (χ1) is 12.1.